The highest BCUT2D eigenvalue weighted by Crippen LogP contribution is 2.25. The largest absolute Gasteiger partial charge is 0.489 e. The fourth-order valence-electron chi connectivity index (χ4n) is 3.09. The van der Waals surface area contributed by atoms with Crippen LogP contribution < -0.4 is 15.4 Å². The van der Waals surface area contributed by atoms with Crippen LogP contribution in [0.15, 0.2) is 54.6 Å². The highest BCUT2D eigenvalue weighted by Gasteiger charge is 2.34. The molecule has 1 heterocycles. The van der Waals surface area contributed by atoms with E-state index in [0.717, 1.165) is 42.8 Å². The maximum absolute atomic E-state index is 12.4. The zero-order valence-electron chi connectivity index (χ0n) is 15.2. The summed E-state index contributed by atoms with van der Waals surface area (Å²) in [4.78, 5) is 12.4. The first-order valence-corrected chi connectivity index (χ1v) is 8.90. The van der Waals surface area contributed by atoms with E-state index in [-0.39, 0.29) is 23.7 Å². The molecule has 1 amide bonds. The third-order valence-corrected chi connectivity index (χ3v) is 4.77. The topological polar surface area (TPSA) is 50.4 Å². The predicted molar refractivity (Wildman–Crippen MR) is 107 cm³/mol. The number of carbonyl (C=O) groups excluding carboxylic acids is 1. The third-order valence-electron chi connectivity index (χ3n) is 4.77. The number of rotatable bonds is 6. The second kappa shape index (κ2) is 9.60. The van der Waals surface area contributed by atoms with Crippen molar-refractivity contribution in [3.8, 4) is 5.75 Å². The van der Waals surface area contributed by atoms with Crippen LogP contribution in [-0.2, 0) is 17.9 Å². The van der Waals surface area contributed by atoms with E-state index in [4.69, 9.17) is 4.74 Å². The van der Waals surface area contributed by atoms with Gasteiger partial charge in [0.2, 0.25) is 5.91 Å². The standard InChI is InChI=1S/C21H26N2O2.ClH/c1-21(12-5-13-22-16-21)20(24)23-14-17-8-10-19(11-9-17)25-15-18-6-3-2-4-7-18;/h2-4,6-11,22H,5,12-16H2,1H3,(H,23,24);1H. The minimum absolute atomic E-state index is 0. The fraction of sp³-hybridized carbons (Fsp3) is 0.381. The van der Waals surface area contributed by atoms with Crippen molar-refractivity contribution in [3.05, 3.63) is 65.7 Å². The summed E-state index contributed by atoms with van der Waals surface area (Å²) < 4.78 is 5.79. The molecule has 0 bridgehead atoms. The van der Waals surface area contributed by atoms with Gasteiger partial charge in [0.1, 0.15) is 12.4 Å². The van der Waals surface area contributed by atoms with Crippen molar-refractivity contribution in [2.45, 2.75) is 32.9 Å². The van der Waals surface area contributed by atoms with E-state index in [9.17, 15) is 4.79 Å². The quantitative estimate of drug-likeness (QED) is 0.810. The molecule has 140 valence electrons. The monoisotopic (exact) mass is 374 g/mol. The summed E-state index contributed by atoms with van der Waals surface area (Å²) in [5.41, 5.74) is 1.93. The van der Waals surface area contributed by atoms with Crippen molar-refractivity contribution in [2.24, 2.45) is 5.41 Å². The van der Waals surface area contributed by atoms with E-state index >= 15 is 0 Å². The first-order valence-electron chi connectivity index (χ1n) is 8.90. The van der Waals surface area contributed by atoms with E-state index in [1.54, 1.807) is 0 Å². The van der Waals surface area contributed by atoms with Gasteiger partial charge in [0.15, 0.2) is 0 Å². The molecule has 1 aliphatic rings. The van der Waals surface area contributed by atoms with Gasteiger partial charge in [-0.2, -0.15) is 0 Å². The summed E-state index contributed by atoms with van der Waals surface area (Å²) in [5, 5.41) is 6.38. The van der Waals surface area contributed by atoms with Gasteiger partial charge in [0.05, 0.1) is 5.41 Å². The van der Waals surface area contributed by atoms with Gasteiger partial charge >= 0.3 is 0 Å². The van der Waals surface area contributed by atoms with Crippen molar-refractivity contribution in [1.82, 2.24) is 10.6 Å². The summed E-state index contributed by atoms with van der Waals surface area (Å²) in [6, 6.07) is 18.0. The molecule has 2 aromatic carbocycles. The average Bonchev–Trinajstić information content (AvgIpc) is 2.66. The molecule has 0 radical (unpaired) electrons. The Bertz CT molecular complexity index is 683. The third kappa shape index (κ3) is 5.48. The first-order chi connectivity index (χ1) is 12.2. The summed E-state index contributed by atoms with van der Waals surface area (Å²) in [6.45, 7) is 4.91. The summed E-state index contributed by atoms with van der Waals surface area (Å²) in [5.74, 6) is 0.964. The number of carbonyl (C=O) groups is 1. The second-order valence-electron chi connectivity index (χ2n) is 6.94. The summed E-state index contributed by atoms with van der Waals surface area (Å²) in [7, 11) is 0. The molecule has 2 N–H and O–H groups in total. The lowest BCUT2D eigenvalue weighted by molar-refractivity contribution is -0.131. The smallest absolute Gasteiger partial charge is 0.227 e. The normalized spacial score (nSPS) is 19.3. The number of hydrogen-bond acceptors (Lipinski definition) is 3. The molecule has 1 aliphatic heterocycles. The van der Waals surface area contributed by atoms with Gasteiger partial charge in [-0.3, -0.25) is 4.79 Å². The van der Waals surface area contributed by atoms with Gasteiger partial charge in [-0.15, -0.1) is 12.4 Å². The lowest BCUT2D eigenvalue weighted by Gasteiger charge is -2.32. The Hall–Kier alpha value is -2.04. The van der Waals surface area contributed by atoms with Crippen molar-refractivity contribution in [1.29, 1.82) is 0 Å². The zero-order chi connectivity index (χ0) is 17.5. The van der Waals surface area contributed by atoms with Crippen LogP contribution >= 0.6 is 12.4 Å². The number of nitrogens with one attached hydrogen (secondary N) is 2. The van der Waals surface area contributed by atoms with Crippen LogP contribution in [0.1, 0.15) is 30.9 Å². The molecule has 1 fully saturated rings. The number of benzene rings is 2. The molecule has 2 aromatic rings. The molecule has 26 heavy (non-hydrogen) atoms. The lowest BCUT2D eigenvalue weighted by atomic mass is 9.82. The molecule has 0 aliphatic carbocycles. The maximum atomic E-state index is 12.4. The number of hydrogen-bond donors (Lipinski definition) is 2. The van der Waals surface area contributed by atoms with Crippen molar-refractivity contribution < 1.29 is 9.53 Å². The van der Waals surface area contributed by atoms with Crippen molar-refractivity contribution in [3.63, 3.8) is 0 Å². The molecule has 1 saturated heterocycles. The van der Waals surface area contributed by atoms with Crippen LogP contribution in [0.5, 0.6) is 5.75 Å². The van der Waals surface area contributed by atoms with Gasteiger partial charge in [0.25, 0.3) is 0 Å². The Morgan fingerprint density at radius 1 is 1.12 bits per heavy atom. The highest BCUT2D eigenvalue weighted by molar-refractivity contribution is 5.85. The minimum atomic E-state index is -0.295. The van der Waals surface area contributed by atoms with Gasteiger partial charge in [0, 0.05) is 13.1 Å². The van der Waals surface area contributed by atoms with Crippen LogP contribution in [0.4, 0.5) is 0 Å². The SMILES string of the molecule is CC1(C(=O)NCc2ccc(OCc3ccccc3)cc2)CCCNC1.Cl. The van der Waals surface area contributed by atoms with Crippen LogP contribution in [0.25, 0.3) is 0 Å². The van der Waals surface area contributed by atoms with E-state index in [2.05, 4.69) is 10.6 Å². The molecule has 0 aromatic heterocycles. The van der Waals surface area contributed by atoms with E-state index in [1.807, 2.05) is 61.5 Å². The molecular formula is C21H27ClN2O2. The Morgan fingerprint density at radius 3 is 2.50 bits per heavy atom. The first kappa shape index (κ1) is 20.3. The summed E-state index contributed by atoms with van der Waals surface area (Å²) in [6.07, 6.45) is 2.00. The second-order valence-corrected chi connectivity index (χ2v) is 6.94. The summed E-state index contributed by atoms with van der Waals surface area (Å²) >= 11 is 0. The average molecular weight is 375 g/mol. The Kier molecular flexibility index (Phi) is 7.49. The molecule has 1 unspecified atom stereocenters. The maximum Gasteiger partial charge on any atom is 0.227 e. The van der Waals surface area contributed by atoms with Crippen molar-refractivity contribution >= 4 is 18.3 Å². The van der Waals surface area contributed by atoms with Crippen LogP contribution in [-0.4, -0.2) is 19.0 Å². The Labute approximate surface area is 161 Å². The van der Waals surface area contributed by atoms with Gasteiger partial charge in [-0.05, 0) is 49.6 Å². The van der Waals surface area contributed by atoms with E-state index in [0.29, 0.717) is 13.2 Å². The van der Waals surface area contributed by atoms with Gasteiger partial charge < -0.3 is 15.4 Å². The number of halogens is 1. The number of amides is 1. The zero-order valence-corrected chi connectivity index (χ0v) is 16.0. The molecule has 5 heteroatoms. The molecule has 0 spiro atoms. The highest BCUT2D eigenvalue weighted by atomic mass is 35.5. The van der Waals surface area contributed by atoms with E-state index < -0.39 is 0 Å². The Morgan fingerprint density at radius 2 is 1.85 bits per heavy atom. The molecular weight excluding hydrogens is 348 g/mol. The molecule has 4 nitrogen and oxygen atoms in total. The van der Waals surface area contributed by atoms with Gasteiger partial charge in [-0.1, -0.05) is 42.5 Å². The van der Waals surface area contributed by atoms with E-state index in [1.165, 1.54) is 0 Å². The molecule has 3 rings (SSSR count). The predicted octanol–water partition coefficient (Wildman–Crippen LogP) is 3.69. The molecule has 0 saturated carbocycles. The number of ether oxygens (including phenoxy) is 1. The Balaban J connectivity index is 0.00000243. The lowest BCUT2D eigenvalue weighted by Crippen LogP contribution is -2.48. The van der Waals surface area contributed by atoms with Crippen LogP contribution in [0, 0.1) is 5.41 Å². The number of piperidine rings is 1. The minimum Gasteiger partial charge on any atom is -0.489 e. The van der Waals surface area contributed by atoms with Crippen LogP contribution in [0.2, 0.25) is 0 Å². The van der Waals surface area contributed by atoms with Crippen LogP contribution in [0.3, 0.4) is 0 Å². The fourth-order valence-corrected chi connectivity index (χ4v) is 3.09. The molecule has 1 atom stereocenters. The van der Waals surface area contributed by atoms with Gasteiger partial charge in [-0.25, -0.2) is 0 Å². The van der Waals surface area contributed by atoms with Crippen molar-refractivity contribution in [2.75, 3.05) is 13.1 Å².